The van der Waals surface area contributed by atoms with Gasteiger partial charge in [-0.15, -0.1) is 0 Å². The normalized spacial score (nSPS) is 10.8. The van der Waals surface area contributed by atoms with Gasteiger partial charge in [0.05, 0.1) is 25.1 Å². The standard InChI is InChI=1S/C19H23N5O2/c1-24(12-4-6-13(25-2)7-5-12)18-17-14(10-11-20)16(26-3)9-8-15(17)22-19(21)23-18/h4-9H,10-11,20H2,1-3H3,(H2,21,22,23). The lowest BCUT2D eigenvalue weighted by Crippen LogP contribution is -2.15. The maximum absolute atomic E-state index is 5.96. The summed E-state index contributed by atoms with van der Waals surface area (Å²) in [4.78, 5) is 10.9. The van der Waals surface area contributed by atoms with Gasteiger partial charge in [0, 0.05) is 18.3 Å². The van der Waals surface area contributed by atoms with Gasteiger partial charge in [-0.05, 0) is 49.4 Å². The molecule has 0 amide bonds. The fourth-order valence-electron chi connectivity index (χ4n) is 3.03. The molecule has 0 bridgehead atoms. The molecule has 0 saturated carbocycles. The molecule has 1 heterocycles. The van der Waals surface area contributed by atoms with Crippen molar-refractivity contribution in [2.45, 2.75) is 6.42 Å². The summed E-state index contributed by atoms with van der Waals surface area (Å²) in [7, 11) is 5.23. The minimum atomic E-state index is 0.219. The third-order valence-electron chi connectivity index (χ3n) is 4.32. The number of fused-ring (bicyclic) bond motifs is 1. The van der Waals surface area contributed by atoms with Crippen molar-refractivity contribution in [3.8, 4) is 11.5 Å². The molecule has 0 spiro atoms. The van der Waals surface area contributed by atoms with Crippen LogP contribution < -0.4 is 25.8 Å². The lowest BCUT2D eigenvalue weighted by atomic mass is 10.0. The topological polar surface area (TPSA) is 99.5 Å². The smallest absolute Gasteiger partial charge is 0.222 e. The van der Waals surface area contributed by atoms with Crippen LogP contribution in [0.15, 0.2) is 36.4 Å². The van der Waals surface area contributed by atoms with Crippen LogP contribution in [-0.2, 0) is 6.42 Å². The Hall–Kier alpha value is -3.06. The minimum absolute atomic E-state index is 0.219. The highest BCUT2D eigenvalue weighted by atomic mass is 16.5. The van der Waals surface area contributed by atoms with Gasteiger partial charge in [-0.25, -0.2) is 4.98 Å². The molecule has 0 unspecified atom stereocenters. The zero-order valence-electron chi connectivity index (χ0n) is 15.2. The third-order valence-corrected chi connectivity index (χ3v) is 4.32. The van der Waals surface area contributed by atoms with Gasteiger partial charge in [0.15, 0.2) is 0 Å². The number of anilines is 3. The average molecular weight is 353 g/mol. The van der Waals surface area contributed by atoms with Gasteiger partial charge in [0.1, 0.15) is 17.3 Å². The van der Waals surface area contributed by atoms with Gasteiger partial charge in [0.2, 0.25) is 5.95 Å². The number of nitrogens with zero attached hydrogens (tertiary/aromatic N) is 3. The van der Waals surface area contributed by atoms with Crippen LogP contribution in [0.25, 0.3) is 10.9 Å². The van der Waals surface area contributed by atoms with Crippen LogP contribution in [0.4, 0.5) is 17.5 Å². The van der Waals surface area contributed by atoms with Crippen molar-refractivity contribution in [3.05, 3.63) is 42.0 Å². The molecule has 7 heteroatoms. The first-order valence-corrected chi connectivity index (χ1v) is 8.30. The number of nitrogen functional groups attached to an aromatic ring is 1. The first-order valence-electron chi connectivity index (χ1n) is 8.30. The lowest BCUT2D eigenvalue weighted by molar-refractivity contribution is 0.410. The van der Waals surface area contributed by atoms with Crippen LogP contribution in [0, 0.1) is 0 Å². The van der Waals surface area contributed by atoms with E-state index in [-0.39, 0.29) is 5.95 Å². The molecule has 0 saturated heterocycles. The van der Waals surface area contributed by atoms with E-state index in [1.165, 1.54) is 0 Å². The van der Waals surface area contributed by atoms with E-state index in [1.807, 2.05) is 48.3 Å². The quantitative estimate of drug-likeness (QED) is 0.702. The Morgan fingerprint density at radius 3 is 2.35 bits per heavy atom. The molecular weight excluding hydrogens is 330 g/mol. The van der Waals surface area contributed by atoms with E-state index in [0.717, 1.165) is 33.7 Å². The van der Waals surface area contributed by atoms with Gasteiger partial charge in [-0.2, -0.15) is 4.98 Å². The predicted octanol–water partition coefficient (Wildman–Crippen LogP) is 2.50. The number of hydrogen-bond donors (Lipinski definition) is 2. The number of ether oxygens (including phenoxy) is 2. The summed E-state index contributed by atoms with van der Waals surface area (Å²) in [5.41, 5.74) is 14.5. The monoisotopic (exact) mass is 353 g/mol. The molecule has 4 N–H and O–H groups in total. The van der Waals surface area contributed by atoms with E-state index < -0.39 is 0 Å². The molecule has 0 fully saturated rings. The van der Waals surface area contributed by atoms with Gasteiger partial charge >= 0.3 is 0 Å². The van der Waals surface area contributed by atoms with Crippen molar-refractivity contribution in [1.82, 2.24) is 9.97 Å². The van der Waals surface area contributed by atoms with Gasteiger partial charge < -0.3 is 25.8 Å². The maximum atomic E-state index is 5.96. The van der Waals surface area contributed by atoms with Crippen LogP contribution in [0.3, 0.4) is 0 Å². The fraction of sp³-hybridized carbons (Fsp3) is 0.263. The van der Waals surface area contributed by atoms with Gasteiger partial charge in [0.25, 0.3) is 0 Å². The molecule has 26 heavy (non-hydrogen) atoms. The molecule has 7 nitrogen and oxygen atoms in total. The summed E-state index contributed by atoms with van der Waals surface area (Å²) >= 11 is 0. The number of methoxy groups -OCH3 is 2. The van der Waals surface area contributed by atoms with Gasteiger partial charge in [-0.3, -0.25) is 0 Å². The predicted molar refractivity (Wildman–Crippen MR) is 104 cm³/mol. The highest BCUT2D eigenvalue weighted by Crippen LogP contribution is 2.36. The Bertz CT molecular complexity index is 912. The first-order chi connectivity index (χ1) is 12.6. The third kappa shape index (κ3) is 3.21. The van der Waals surface area contributed by atoms with Crippen LogP contribution in [0.2, 0.25) is 0 Å². The van der Waals surface area contributed by atoms with E-state index in [9.17, 15) is 0 Å². The van der Waals surface area contributed by atoms with Crippen molar-refractivity contribution in [2.75, 3.05) is 38.4 Å². The number of rotatable bonds is 6. The van der Waals surface area contributed by atoms with Gasteiger partial charge in [-0.1, -0.05) is 0 Å². The largest absolute Gasteiger partial charge is 0.497 e. The Balaban J connectivity index is 2.22. The lowest BCUT2D eigenvalue weighted by Gasteiger charge is -2.22. The second-order valence-electron chi connectivity index (χ2n) is 5.84. The summed E-state index contributed by atoms with van der Waals surface area (Å²) in [6, 6.07) is 11.5. The average Bonchev–Trinajstić information content (AvgIpc) is 2.67. The highest BCUT2D eigenvalue weighted by molar-refractivity contribution is 5.96. The van der Waals surface area contributed by atoms with E-state index >= 15 is 0 Å². The highest BCUT2D eigenvalue weighted by Gasteiger charge is 2.18. The Morgan fingerprint density at radius 1 is 1.00 bits per heavy atom. The molecule has 2 aromatic carbocycles. The second-order valence-corrected chi connectivity index (χ2v) is 5.84. The van der Waals surface area contributed by atoms with Crippen LogP contribution in [0.5, 0.6) is 11.5 Å². The molecule has 0 aliphatic heterocycles. The molecule has 0 radical (unpaired) electrons. The van der Waals surface area contributed by atoms with Crippen molar-refractivity contribution in [2.24, 2.45) is 5.73 Å². The van der Waals surface area contributed by atoms with Crippen molar-refractivity contribution < 1.29 is 9.47 Å². The molecule has 136 valence electrons. The summed E-state index contributed by atoms with van der Waals surface area (Å²) in [5, 5.41) is 0.891. The van der Waals surface area contributed by atoms with E-state index in [4.69, 9.17) is 20.9 Å². The Morgan fingerprint density at radius 2 is 1.73 bits per heavy atom. The number of aromatic nitrogens is 2. The molecule has 3 rings (SSSR count). The van der Waals surface area contributed by atoms with Crippen molar-refractivity contribution >= 4 is 28.4 Å². The number of benzene rings is 2. The Labute approximate surface area is 152 Å². The number of nitrogens with two attached hydrogens (primary N) is 2. The molecule has 0 atom stereocenters. The molecule has 3 aromatic rings. The fourth-order valence-corrected chi connectivity index (χ4v) is 3.03. The van der Waals surface area contributed by atoms with Crippen LogP contribution in [0.1, 0.15) is 5.56 Å². The Kier molecular flexibility index (Phi) is 5.09. The molecular formula is C19H23N5O2. The maximum Gasteiger partial charge on any atom is 0.222 e. The molecule has 0 aliphatic rings. The summed E-state index contributed by atoms with van der Waals surface area (Å²) in [6.45, 7) is 0.492. The number of hydrogen-bond acceptors (Lipinski definition) is 7. The zero-order valence-corrected chi connectivity index (χ0v) is 15.2. The van der Waals surface area contributed by atoms with Crippen LogP contribution in [-0.4, -0.2) is 37.8 Å². The van der Waals surface area contributed by atoms with E-state index in [2.05, 4.69) is 9.97 Å². The van der Waals surface area contributed by atoms with Crippen molar-refractivity contribution in [1.29, 1.82) is 0 Å². The zero-order chi connectivity index (χ0) is 18.7. The summed E-state index contributed by atoms with van der Waals surface area (Å²) in [5.74, 6) is 2.48. The second kappa shape index (κ2) is 7.45. The molecule has 0 aliphatic carbocycles. The summed E-state index contributed by atoms with van der Waals surface area (Å²) < 4.78 is 10.8. The van der Waals surface area contributed by atoms with Crippen LogP contribution >= 0.6 is 0 Å². The van der Waals surface area contributed by atoms with E-state index in [1.54, 1.807) is 14.2 Å². The minimum Gasteiger partial charge on any atom is -0.497 e. The SMILES string of the molecule is COc1ccc(N(C)c2nc(N)nc3ccc(OC)c(CCN)c23)cc1. The van der Waals surface area contributed by atoms with E-state index in [0.29, 0.717) is 18.8 Å². The first kappa shape index (κ1) is 17.8. The summed E-state index contributed by atoms with van der Waals surface area (Å²) in [6.07, 6.45) is 0.650. The van der Waals surface area contributed by atoms with Crippen molar-refractivity contribution in [3.63, 3.8) is 0 Å². The molecule has 1 aromatic heterocycles.